The fourth-order valence-corrected chi connectivity index (χ4v) is 4.27. The summed E-state index contributed by atoms with van der Waals surface area (Å²) in [4.78, 5) is 2.61. The van der Waals surface area contributed by atoms with Crippen LogP contribution in [0.3, 0.4) is 0 Å². The van der Waals surface area contributed by atoms with Crippen molar-refractivity contribution in [2.75, 3.05) is 20.7 Å². The Bertz CT molecular complexity index is 428. The third kappa shape index (κ3) is 2.85. The lowest BCUT2D eigenvalue weighted by Crippen LogP contribution is -2.49. The van der Waals surface area contributed by atoms with Gasteiger partial charge in [-0.15, -0.1) is 0 Å². The SMILES string of the molecule is COc1ccc(C[C@@H]2C3CCCC[C@H]3CCN2C)cc1. The Kier molecular flexibility index (Phi) is 4.30. The van der Waals surface area contributed by atoms with Crippen LogP contribution in [0.2, 0.25) is 0 Å². The lowest BCUT2D eigenvalue weighted by Gasteiger charge is -2.46. The van der Waals surface area contributed by atoms with Gasteiger partial charge < -0.3 is 9.64 Å². The lowest BCUT2D eigenvalue weighted by molar-refractivity contribution is 0.0410. The number of likely N-dealkylation sites (N-methyl/N-ethyl adjacent to an activating group) is 1. The molecule has 1 saturated heterocycles. The van der Waals surface area contributed by atoms with Gasteiger partial charge in [-0.25, -0.2) is 0 Å². The maximum absolute atomic E-state index is 5.26. The van der Waals surface area contributed by atoms with Crippen molar-refractivity contribution in [1.29, 1.82) is 0 Å². The Labute approximate surface area is 123 Å². The first kappa shape index (κ1) is 13.9. The highest BCUT2D eigenvalue weighted by Crippen LogP contribution is 2.40. The number of ether oxygens (including phenoxy) is 1. The highest BCUT2D eigenvalue weighted by atomic mass is 16.5. The topological polar surface area (TPSA) is 12.5 Å². The van der Waals surface area contributed by atoms with Crippen molar-refractivity contribution in [3.05, 3.63) is 29.8 Å². The number of hydrogen-bond donors (Lipinski definition) is 0. The van der Waals surface area contributed by atoms with E-state index in [1.165, 1.54) is 50.6 Å². The van der Waals surface area contributed by atoms with Gasteiger partial charge in [-0.1, -0.05) is 31.4 Å². The monoisotopic (exact) mass is 273 g/mol. The first-order valence-electron chi connectivity index (χ1n) is 8.11. The van der Waals surface area contributed by atoms with Crippen LogP contribution in [0.15, 0.2) is 24.3 Å². The third-order valence-electron chi connectivity index (χ3n) is 5.48. The van der Waals surface area contributed by atoms with E-state index in [9.17, 15) is 0 Å². The molecule has 2 fully saturated rings. The minimum absolute atomic E-state index is 0.738. The largest absolute Gasteiger partial charge is 0.497 e. The quantitative estimate of drug-likeness (QED) is 0.831. The Hall–Kier alpha value is -1.02. The Morgan fingerprint density at radius 1 is 1.10 bits per heavy atom. The Morgan fingerprint density at radius 3 is 2.60 bits per heavy atom. The molecule has 1 aromatic rings. The second-order valence-corrected chi connectivity index (χ2v) is 6.60. The van der Waals surface area contributed by atoms with E-state index in [0.29, 0.717) is 0 Å². The number of methoxy groups -OCH3 is 1. The van der Waals surface area contributed by atoms with E-state index in [4.69, 9.17) is 4.74 Å². The normalized spacial score (nSPS) is 30.8. The molecule has 0 amide bonds. The standard InChI is InChI=1S/C18H27NO/c1-19-12-11-15-5-3-4-6-17(15)18(19)13-14-7-9-16(20-2)10-8-14/h7-10,15,17-18H,3-6,11-13H2,1-2H3/t15-,17?,18+/m0/s1. The van der Waals surface area contributed by atoms with Gasteiger partial charge >= 0.3 is 0 Å². The summed E-state index contributed by atoms with van der Waals surface area (Å²) in [6, 6.07) is 9.40. The summed E-state index contributed by atoms with van der Waals surface area (Å²) in [6.45, 7) is 1.28. The number of benzene rings is 1. The van der Waals surface area contributed by atoms with Gasteiger partial charge in [-0.3, -0.25) is 0 Å². The summed E-state index contributed by atoms with van der Waals surface area (Å²) in [5, 5.41) is 0. The van der Waals surface area contributed by atoms with Crippen molar-refractivity contribution in [2.45, 2.75) is 44.6 Å². The molecule has 1 aromatic carbocycles. The minimum Gasteiger partial charge on any atom is -0.497 e. The van der Waals surface area contributed by atoms with E-state index in [0.717, 1.165) is 23.6 Å². The molecule has 20 heavy (non-hydrogen) atoms. The number of hydrogen-bond acceptors (Lipinski definition) is 2. The number of nitrogens with zero attached hydrogens (tertiary/aromatic N) is 1. The molecule has 2 nitrogen and oxygen atoms in total. The van der Waals surface area contributed by atoms with E-state index in [2.05, 4.69) is 36.2 Å². The first-order valence-corrected chi connectivity index (χ1v) is 8.11. The zero-order valence-corrected chi connectivity index (χ0v) is 12.8. The molecule has 3 rings (SSSR count). The molecule has 1 aliphatic heterocycles. The van der Waals surface area contributed by atoms with Crippen molar-refractivity contribution in [3.63, 3.8) is 0 Å². The summed E-state index contributed by atoms with van der Waals surface area (Å²) in [5.74, 6) is 2.87. The van der Waals surface area contributed by atoms with E-state index in [1.54, 1.807) is 7.11 Å². The highest BCUT2D eigenvalue weighted by molar-refractivity contribution is 5.27. The molecule has 1 unspecified atom stereocenters. The molecular formula is C18H27NO. The zero-order chi connectivity index (χ0) is 13.9. The van der Waals surface area contributed by atoms with Crippen LogP contribution in [0.4, 0.5) is 0 Å². The molecule has 0 N–H and O–H groups in total. The van der Waals surface area contributed by atoms with Crippen molar-refractivity contribution in [2.24, 2.45) is 11.8 Å². The number of rotatable bonds is 3. The summed E-state index contributed by atoms with van der Waals surface area (Å²) >= 11 is 0. The predicted molar refractivity (Wildman–Crippen MR) is 83.2 cm³/mol. The zero-order valence-electron chi connectivity index (χ0n) is 12.8. The number of piperidine rings is 1. The van der Waals surface area contributed by atoms with Crippen LogP contribution in [-0.2, 0) is 6.42 Å². The highest BCUT2D eigenvalue weighted by Gasteiger charge is 2.37. The molecule has 1 aliphatic carbocycles. The second kappa shape index (κ2) is 6.17. The van der Waals surface area contributed by atoms with Crippen LogP contribution < -0.4 is 4.74 Å². The van der Waals surface area contributed by atoms with Gasteiger partial charge in [0.15, 0.2) is 0 Å². The number of likely N-dealkylation sites (tertiary alicyclic amines) is 1. The smallest absolute Gasteiger partial charge is 0.118 e. The van der Waals surface area contributed by atoms with Gasteiger partial charge in [0.25, 0.3) is 0 Å². The fourth-order valence-electron chi connectivity index (χ4n) is 4.27. The fraction of sp³-hybridized carbons (Fsp3) is 0.667. The molecule has 110 valence electrons. The van der Waals surface area contributed by atoms with Gasteiger partial charge in [-0.2, -0.15) is 0 Å². The molecule has 2 heteroatoms. The van der Waals surface area contributed by atoms with Crippen LogP contribution in [0.1, 0.15) is 37.7 Å². The molecule has 1 saturated carbocycles. The van der Waals surface area contributed by atoms with Crippen LogP contribution in [0, 0.1) is 11.8 Å². The van der Waals surface area contributed by atoms with Crippen LogP contribution >= 0.6 is 0 Å². The van der Waals surface area contributed by atoms with Crippen molar-refractivity contribution in [3.8, 4) is 5.75 Å². The van der Waals surface area contributed by atoms with Gasteiger partial charge in [0.1, 0.15) is 5.75 Å². The molecule has 1 heterocycles. The minimum atomic E-state index is 0.738. The molecule has 3 atom stereocenters. The van der Waals surface area contributed by atoms with Gasteiger partial charge in [0, 0.05) is 6.04 Å². The Morgan fingerprint density at radius 2 is 1.85 bits per heavy atom. The molecular weight excluding hydrogens is 246 g/mol. The van der Waals surface area contributed by atoms with Gasteiger partial charge in [-0.05, 0) is 62.4 Å². The average molecular weight is 273 g/mol. The van der Waals surface area contributed by atoms with Crippen LogP contribution in [0.5, 0.6) is 5.75 Å². The molecule has 2 aliphatic rings. The molecule has 0 radical (unpaired) electrons. The summed E-state index contributed by atoms with van der Waals surface area (Å²) in [5.41, 5.74) is 1.45. The number of fused-ring (bicyclic) bond motifs is 1. The van der Waals surface area contributed by atoms with Gasteiger partial charge in [0.05, 0.1) is 7.11 Å². The van der Waals surface area contributed by atoms with E-state index < -0.39 is 0 Å². The van der Waals surface area contributed by atoms with E-state index in [-0.39, 0.29) is 0 Å². The summed E-state index contributed by atoms with van der Waals surface area (Å²) in [7, 11) is 4.05. The van der Waals surface area contributed by atoms with Gasteiger partial charge in [0.2, 0.25) is 0 Å². The Balaban J connectivity index is 1.72. The van der Waals surface area contributed by atoms with Crippen molar-refractivity contribution >= 4 is 0 Å². The molecule has 0 spiro atoms. The van der Waals surface area contributed by atoms with Crippen LogP contribution in [-0.4, -0.2) is 31.6 Å². The molecule has 0 bridgehead atoms. The van der Waals surface area contributed by atoms with Crippen molar-refractivity contribution < 1.29 is 4.74 Å². The average Bonchev–Trinajstić information content (AvgIpc) is 2.51. The third-order valence-corrected chi connectivity index (χ3v) is 5.48. The van der Waals surface area contributed by atoms with E-state index in [1.807, 2.05) is 0 Å². The molecule has 0 aromatic heterocycles. The maximum Gasteiger partial charge on any atom is 0.118 e. The van der Waals surface area contributed by atoms with E-state index >= 15 is 0 Å². The summed E-state index contributed by atoms with van der Waals surface area (Å²) < 4.78 is 5.26. The maximum atomic E-state index is 5.26. The van der Waals surface area contributed by atoms with Crippen molar-refractivity contribution in [1.82, 2.24) is 4.90 Å². The first-order chi connectivity index (χ1) is 9.78. The predicted octanol–water partition coefficient (Wildman–Crippen LogP) is 3.75. The summed E-state index contributed by atoms with van der Waals surface area (Å²) in [6.07, 6.45) is 8.42. The lowest BCUT2D eigenvalue weighted by atomic mass is 9.70. The van der Waals surface area contributed by atoms with Crippen LogP contribution in [0.25, 0.3) is 0 Å². The second-order valence-electron chi connectivity index (χ2n) is 6.60.